The molecule has 2 aromatic carbocycles. The maximum Gasteiger partial charge on any atom is 0.256 e. The van der Waals surface area contributed by atoms with E-state index in [1.807, 2.05) is 24.3 Å². The van der Waals surface area contributed by atoms with Gasteiger partial charge in [-0.05, 0) is 61.1 Å². The van der Waals surface area contributed by atoms with E-state index in [1.54, 1.807) is 6.07 Å². The van der Waals surface area contributed by atoms with Gasteiger partial charge in [0.25, 0.3) is 5.91 Å². The molecule has 1 aliphatic heterocycles. The molecule has 4 nitrogen and oxygen atoms in total. The van der Waals surface area contributed by atoms with Crippen LogP contribution in [0.15, 0.2) is 47.4 Å². The van der Waals surface area contributed by atoms with Gasteiger partial charge >= 0.3 is 0 Å². The largest absolute Gasteiger partial charge is 0.322 e. The van der Waals surface area contributed by atoms with Gasteiger partial charge in [0.15, 0.2) is 9.84 Å². The number of aryl methyl sites for hydroxylation is 2. The average molecular weight is 388 g/mol. The lowest BCUT2D eigenvalue weighted by atomic mass is 10.1. The fourth-order valence-corrected chi connectivity index (χ4v) is 7.26. The topological polar surface area (TPSA) is 63.2 Å². The van der Waals surface area contributed by atoms with Crippen LogP contribution >= 0.6 is 11.8 Å². The lowest BCUT2D eigenvalue weighted by Crippen LogP contribution is -2.14. The van der Waals surface area contributed by atoms with Crippen LogP contribution in [0.2, 0.25) is 0 Å². The van der Waals surface area contributed by atoms with E-state index < -0.39 is 9.84 Å². The maximum atomic E-state index is 12.8. The number of hydrogen-bond donors (Lipinski definition) is 1. The minimum atomic E-state index is -2.92. The molecule has 1 fully saturated rings. The average Bonchev–Trinajstić information content (AvgIpc) is 3.20. The van der Waals surface area contributed by atoms with Gasteiger partial charge in [-0.2, -0.15) is 0 Å². The van der Waals surface area contributed by atoms with Crippen molar-refractivity contribution in [1.29, 1.82) is 0 Å². The van der Waals surface area contributed by atoms with Crippen LogP contribution in [0.1, 0.15) is 34.3 Å². The number of hydrogen-bond acceptors (Lipinski definition) is 4. The summed E-state index contributed by atoms with van der Waals surface area (Å²) in [7, 11) is -2.92. The number of carbonyl (C=O) groups is 1. The third kappa shape index (κ3) is 3.81. The Hall–Kier alpha value is -1.79. The van der Waals surface area contributed by atoms with E-state index in [-0.39, 0.29) is 22.7 Å². The molecule has 0 spiro atoms. The van der Waals surface area contributed by atoms with E-state index in [1.165, 1.54) is 29.3 Å². The molecular weight excluding hydrogens is 366 g/mol. The number of anilines is 1. The third-order valence-corrected chi connectivity index (χ3v) is 8.30. The molecule has 1 amide bonds. The smallest absolute Gasteiger partial charge is 0.256 e. The molecule has 1 heterocycles. The molecule has 0 bridgehead atoms. The predicted molar refractivity (Wildman–Crippen MR) is 106 cm³/mol. The summed E-state index contributed by atoms with van der Waals surface area (Å²) in [6, 6.07) is 13.6. The van der Waals surface area contributed by atoms with E-state index in [2.05, 4.69) is 17.4 Å². The van der Waals surface area contributed by atoms with Crippen LogP contribution in [0.3, 0.4) is 0 Å². The molecule has 0 saturated carbocycles. The highest BCUT2D eigenvalue weighted by molar-refractivity contribution is 8.02. The molecule has 2 aromatic rings. The first-order valence-corrected chi connectivity index (χ1v) is 11.6. The van der Waals surface area contributed by atoms with Crippen LogP contribution in [0.5, 0.6) is 0 Å². The SMILES string of the molecule is O=C(Nc1ccc2c(c1)CCC2)c1ccccc1S[C@H]1CCS(=O)(=O)C1. The third-order valence-electron chi connectivity index (χ3n) is 4.97. The number of thioether (sulfide) groups is 1. The van der Waals surface area contributed by atoms with Crippen molar-refractivity contribution in [3.8, 4) is 0 Å². The maximum absolute atomic E-state index is 12.8. The summed E-state index contributed by atoms with van der Waals surface area (Å²) in [5.74, 6) is 0.291. The van der Waals surface area contributed by atoms with E-state index in [0.29, 0.717) is 12.0 Å². The number of carbonyl (C=O) groups excluding carboxylic acids is 1. The van der Waals surface area contributed by atoms with Crippen molar-refractivity contribution in [2.24, 2.45) is 0 Å². The summed E-state index contributed by atoms with van der Waals surface area (Å²) in [5, 5.41) is 3.02. The minimum absolute atomic E-state index is 0.0222. The zero-order valence-electron chi connectivity index (χ0n) is 14.4. The molecule has 1 N–H and O–H groups in total. The number of sulfone groups is 1. The molecule has 1 aliphatic carbocycles. The van der Waals surface area contributed by atoms with Crippen molar-refractivity contribution in [2.45, 2.75) is 35.8 Å². The quantitative estimate of drug-likeness (QED) is 0.869. The monoisotopic (exact) mass is 387 g/mol. The number of amides is 1. The summed E-state index contributed by atoms with van der Waals surface area (Å²) in [6.45, 7) is 0. The standard InChI is InChI=1S/C20H21NO3S2/c22-20(21-16-9-8-14-4-3-5-15(14)12-16)18-6-1-2-7-19(18)25-17-10-11-26(23,24)13-17/h1-2,6-9,12,17H,3-5,10-11,13H2,(H,21,22)/t17-/m0/s1. The van der Waals surface area contributed by atoms with Gasteiger partial charge in [-0.25, -0.2) is 8.42 Å². The summed E-state index contributed by atoms with van der Waals surface area (Å²) < 4.78 is 23.4. The Labute approximate surface area is 158 Å². The molecule has 26 heavy (non-hydrogen) atoms. The van der Waals surface area contributed by atoms with Gasteiger partial charge < -0.3 is 5.32 Å². The van der Waals surface area contributed by atoms with Crippen molar-refractivity contribution in [2.75, 3.05) is 16.8 Å². The zero-order chi connectivity index (χ0) is 18.1. The Kier molecular flexibility index (Phi) is 4.80. The fourth-order valence-electron chi connectivity index (χ4n) is 3.64. The molecule has 2 aliphatic rings. The van der Waals surface area contributed by atoms with Crippen LogP contribution in [-0.2, 0) is 22.7 Å². The first-order chi connectivity index (χ1) is 12.5. The van der Waals surface area contributed by atoms with Crippen molar-refractivity contribution < 1.29 is 13.2 Å². The lowest BCUT2D eigenvalue weighted by molar-refractivity contribution is 0.102. The van der Waals surface area contributed by atoms with Gasteiger partial charge in [-0.3, -0.25) is 4.79 Å². The van der Waals surface area contributed by atoms with E-state index in [4.69, 9.17) is 0 Å². The Bertz CT molecular complexity index is 953. The van der Waals surface area contributed by atoms with Crippen LogP contribution in [0.25, 0.3) is 0 Å². The number of rotatable bonds is 4. The second kappa shape index (κ2) is 7.08. The van der Waals surface area contributed by atoms with Crippen LogP contribution < -0.4 is 5.32 Å². The number of nitrogens with one attached hydrogen (secondary N) is 1. The number of benzene rings is 2. The first kappa shape index (κ1) is 17.6. The fraction of sp³-hybridized carbons (Fsp3) is 0.350. The van der Waals surface area contributed by atoms with Gasteiger partial charge in [-0.1, -0.05) is 18.2 Å². The molecule has 1 atom stereocenters. The van der Waals surface area contributed by atoms with Crippen molar-refractivity contribution >= 4 is 33.2 Å². The van der Waals surface area contributed by atoms with Gasteiger partial charge in [0.05, 0.1) is 17.1 Å². The summed E-state index contributed by atoms with van der Waals surface area (Å²) in [4.78, 5) is 13.6. The van der Waals surface area contributed by atoms with Crippen molar-refractivity contribution in [3.05, 3.63) is 59.2 Å². The summed E-state index contributed by atoms with van der Waals surface area (Å²) in [5.41, 5.74) is 4.12. The molecule has 4 rings (SSSR count). The lowest BCUT2D eigenvalue weighted by Gasteiger charge is -2.13. The molecule has 136 valence electrons. The molecule has 0 radical (unpaired) electrons. The van der Waals surface area contributed by atoms with Crippen molar-refractivity contribution in [1.82, 2.24) is 0 Å². The summed E-state index contributed by atoms with van der Waals surface area (Å²) >= 11 is 1.50. The minimum Gasteiger partial charge on any atom is -0.322 e. The van der Waals surface area contributed by atoms with Crippen LogP contribution in [0.4, 0.5) is 5.69 Å². The van der Waals surface area contributed by atoms with E-state index in [0.717, 1.165) is 23.4 Å². The summed E-state index contributed by atoms with van der Waals surface area (Å²) in [6.07, 6.45) is 4.01. The van der Waals surface area contributed by atoms with Gasteiger partial charge in [0.2, 0.25) is 0 Å². The second-order valence-electron chi connectivity index (χ2n) is 6.93. The predicted octanol–water partition coefficient (Wildman–Crippen LogP) is 3.71. The van der Waals surface area contributed by atoms with Crippen molar-refractivity contribution in [3.63, 3.8) is 0 Å². The highest BCUT2D eigenvalue weighted by Crippen LogP contribution is 2.33. The van der Waals surface area contributed by atoms with Gasteiger partial charge in [0.1, 0.15) is 0 Å². The Balaban J connectivity index is 1.51. The highest BCUT2D eigenvalue weighted by atomic mass is 32.2. The molecule has 6 heteroatoms. The van der Waals surface area contributed by atoms with Crippen LogP contribution in [0, 0.1) is 0 Å². The Morgan fingerprint density at radius 3 is 2.69 bits per heavy atom. The van der Waals surface area contributed by atoms with Gasteiger partial charge in [0, 0.05) is 15.8 Å². The normalized spacial score (nSPS) is 20.7. The molecular formula is C20H21NO3S2. The van der Waals surface area contributed by atoms with Gasteiger partial charge in [-0.15, -0.1) is 11.8 Å². The number of fused-ring (bicyclic) bond motifs is 1. The van der Waals surface area contributed by atoms with E-state index in [9.17, 15) is 13.2 Å². The Morgan fingerprint density at radius 1 is 1.08 bits per heavy atom. The molecule has 0 unspecified atom stereocenters. The highest BCUT2D eigenvalue weighted by Gasteiger charge is 2.29. The first-order valence-electron chi connectivity index (χ1n) is 8.89. The second-order valence-corrected chi connectivity index (χ2v) is 10.5. The zero-order valence-corrected chi connectivity index (χ0v) is 16.0. The molecule has 0 aromatic heterocycles. The Morgan fingerprint density at radius 2 is 1.88 bits per heavy atom. The molecule has 1 saturated heterocycles. The van der Waals surface area contributed by atoms with E-state index >= 15 is 0 Å². The van der Waals surface area contributed by atoms with Crippen LogP contribution in [-0.4, -0.2) is 31.1 Å².